The molecule has 17 heavy (non-hydrogen) atoms. The molecule has 0 aliphatic heterocycles. The lowest BCUT2D eigenvalue weighted by atomic mass is 10.2. The number of aromatic carboxylic acids is 1. The van der Waals surface area contributed by atoms with Gasteiger partial charge in [-0.15, -0.1) is 0 Å². The van der Waals surface area contributed by atoms with Crippen LogP contribution in [0.4, 0.5) is 0 Å². The quantitative estimate of drug-likeness (QED) is 0.829. The molecule has 0 bridgehead atoms. The molecule has 1 heterocycles. The molecule has 1 aromatic rings. The van der Waals surface area contributed by atoms with Crippen molar-refractivity contribution >= 4 is 40.3 Å². The van der Waals surface area contributed by atoms with E-state index in [4.69, 9.17) is 0 Å². The van der Waals surface area contributed by atoms with Gasteiger partial charge < -0.3 is 9.67 Å². The Morgan fingerprint density at radius 1 is 1.65 bits per heavy atom. The zero-order chi connectivity index (χ0) is 12.4. The minimum Gasteiger partial charge on any atom is -0.477 e. The number of rotatable bonds is 4. The molecule has 1 N–H and O–H groups in total. The number of carboxylic acid groups (broad SMARTS) is 1. The highest BCUT2D eigenvalue weighted by Gasteiger charge is 2.30. The molecule has 0 spiro atoms. The number of thioether (sulfide) groups is 1. The van der Waals surface area contributed by atoms with E-state index in [0.29, 0.717) is 17.0 Å². The summed E-state index contributed by atoms with van der Waals surface area (Å²) in [6, 6.07) is 2.11. The second kappa shape index (κ2) is 5.65. The van der Waals surface area contributed by atoms with Gasteiger partial charge in [-0.25, -0.2) is 4.79 Å². The molecular weight excluding hydrogens is 349 g/mol. The summed E-state index contributed by atoms with van der Waals surface area (Å²) in [5.41, 5.74) is 0.433. The third kappa shape index (κ3) is 2.81. The summed E-state index contributed by atoms with van der Waals surface area (Å²) in [5.74, 6) is 0.280. The van der Waals surface area contributed by atoms with Gasteiger partial charge in [0.2, 0.25) is 0 Å². The van der Waals surface area contributed by atoms with E-state index >= 15 is 0 Å². The lowest BCUT2D eigenvalue weighted by Gasteiger charge is -2.21. The first-order valence-electron chi connectivity index (χ1n) is 5.85. The number of halogens is 1. The molecule has 1 saturated carbocycles. The molecule has 3 nitrogen and oxygen atoms in total. The van der Waals surface area contributed by atoms with E-state index in [0.717, 1.165) is 15.7 Å². The normalized spacial score (nSPS) is 24.1. The molecule has 5 heteroatoms. The van der Waals surface area contributed by atoms with E-state index in [1.165, 1.54) is 12.8 Å². The molecule has 94 valence electrons. The second-order valence-corrected chi connectivity index (χ2v) is 7.01. The molecule has 1 aliphatic carbocycles. The molecule has 0 saturated heterocycles. The number of hydrogen-bond donors (Lipinski definition) is 1. The smallest absolute Gasteiger partial charge is 0.352 e. The van der Waals surface area contributed by atoms with Crippen LogP contribution < -0.4 is 0 Å². The predicted molar refractivity (Wildman–Crippen MR) is 78.9 cm³/mol. The van der Waals surface area contributed by atoms with E-state index in [9.17, 15) is 9.90 Å². The molecule has 1 aliphatic rings. The molecule has 2 atom stereocenters. The number of aromatic nitrogens is 1. The lowest BCUT2D eigenvalue weighted by Crippen LogP contribution is -2.19. The maximum atomic E-state index is 11.2. The lowest BCUT2D eigenvalue weighted by molar-refractivity contribution is 0.0683. The Hall–Kier alpha value is -0.170. The second-order valence-electron chi connectivity index (χ2n) is 4.25. The van der Waals surface area contributed by atoms with Crippen LogP contribution in [0.25, 0.3) is 0 Å². The Kier molecular flexibility index (Phi) is 4.41. The summed E-state index contributed by atoms with van der Waals surface area (Å²) in [7, 11) is 0. The fourth-order valence-corrected chi connectivity index (χ4v) is 4.37. The Morgan fingerprint density at radius 3 is 3.06 bits per heavy atom. The summed E-state index contributed by atoms with van der Waals surface area (Å²) >= 11 is 4.14. The maximum Gasteiger partial charge on any atom is 0.352 e. The maximum absolute atomic E-state index is 11.2. The molecule has 2 unspecified atom stereocenters. The third-order valence-electron chi connectivity index (χ3n) is 3.19. The van der Waals surface area contributed by atoms with E-state index in [1.54, 1.807) is 6.07 Å². The van der Waals surface area contributed by atoms with Crippen LogP contribution in [0.1, 0.15) is 42.7 Å². The van der Waals surface area contributed by atoms with Crippen LogP contribution in [0, 0.1) is 3.57 Å². The number of nitrogens with zero attached hydrogens (tertiary/aromatic N) is 1. The van der Waals surface area contributed by atoms with Crippen LogP contribution in [0.3, 0.4) is 0 Å². The van der Waals surface area contributed by atoms with Gasteiger partial charge in [0.1, 0.15) is 5.69 Å². The Balaban J connectivity index is 2.29. The average molecular weight is 365 g/mol. The van der Waals surface area contributed by atoms with E-state index < -0.39 is 5.97 Å². The van der Waals surface area contributed by atoms with Crippen molar-refractivity contribution in [2.45, 2.75) is 37.5 Å². The van der Waals surface area contributed by atoms with Crippen molar-refractivity contribution in [2.24, 2.45) is 0 Å². The van der Waals surface area contributed by atoms with Crippen molar-refractivity contribution in [3.63, 3.8) is 0 Å². The Bertz CT molecular complexity index is 419. The number of hydrogen-bond acceptors (Lipinski definition) is 2. The minimum atomic E-state index is -0.819. The van der Waals surface area contributed by atoms with Crippen molar-refractivity contribution in [3.8, 4) is 0 Å². The fraction of sp³-hybridized carbons (Fsp3) is 0.583. The van der Waals surface area contributed by atoms with Gasteiger partial charge in [-0.3, -0.25) is 0 Å². The molecule has 2 rings (SSSR count). The minimum absolute atomic E-state index is 0.356. The van der Waals surface area contributed by atoms with Crippen LogP contribution in [-0.2, 0) is 0 Å². The van der Waals surface area contributed by atoms with Crippen LogP contribution >= 0.6 is 34.4 Å². The molecular formula is C12H16INO2S. The van der Waals surface area contributed by atoms with Gasteiger partial charge >= 0.3 is 5.97 Å². The van der Waals surface area contributed by atoms with Gasteiger partial charge in [0.25, 0.3) is 0 Å². The van der Waals surface area contributed by atoms with Crippen molar-refractivity contribution in [1.29, 1.82) is 0 Å². The summed E-state index contributed by atoms with van der Waals surface area (Å²) in [5, 5.41) is 9.80. The SMILES string of the molecule is CCSC1CCCC1n1cc(I)cc1C(=O)O. The first-order chi connectivity index (χ1) is 8.13. The van der Waals surface area contributed by atoms with Gasteiger partial charge in [0.05, 0.1) is 0 Å². The monoisotopic (exact) mass is 365 g/mol. The molecule has 0 amide bonds. The number of carbonyl (C=O) groups is 1. The van der Waals surface area contributed by atoms with Crippen molar-refractivity contribution in [3.05, 3.63) is 21.5 Å². The van der Waals surface area contributed by atoms with Gasteiger partial charge in [0, 0.05) is 21.1 Å². The van der Waals surface area contributed by atoms with Crippen molar-refractivity contribution in [1.82, 2.24) is 4.57 Å². The fourth-order valence-electron chi connectivity index (χ4n) is 2.52. The summed E-state index contributed by atoms with van der Waals surface area (Å²) in [6.07, 6.45) is 5.49. The Labute approximate surface area is 119 Å². The van der Waals surface area contributed by atoms with Gasteiger partial charge in [-0.05, 0) is 47.3 Å². The Morgan fingerprint density at radius 2 is 2.41 bits per heavy atom. The third-order valence-corrected chi connectivity index (χ3v) is 5.09. The topological polar surface area (TPSA) is 42.2 Å². The highest BCUT2D eigenvalue weighted by molar-refractivity contribution is 14.1. The van der Waals surface area contributed by atoms with Crippen LogP contribution in [0.2, 0.25) is 0 Å². The number of carboxylic acids is 1. The van der Waals surface area contributed by atoms with Crippen LogP contribution in [-0.4, -0.2) is 26.6 Å². The van der Waals surface area contributed by atoms with Crippen molar-refractivity contribution in [2.75, 3.05) is 5.75 Å². The summed E-state index contributed by atoms with van der Waals surface area (Å²) in [4.78, 5) is 11.2. The molecule has 0 radical (unpaired) electrons. The zero-order valence-corrected chi connectivity index (χ0v) is 12.7. The molecule has 0 aromatic carbocycles. The van der Waals surface area contributed by atoms with Gasteiger partial charge in [-0.1, -0.05) is 13.3 Å². The standard InChI is InChI=1S/C12H16INO2S/c1-2-17-11-5-3-4-9(11)14-7-8(13)6-10(14)12(15)16/h6-7,9,11H,2-5H2,1H3,(H,15,16). The largest absolute Gasteiger partial charge is 0.477 e. The average Bonchev–Trinajstić information content (AvgIpc) is 2.84. The van der Waals surface area contributed by atoms with E-state index in [2.05, 4.69) is 29.5 Å². The predicted octanol–water partition coefficient (Wildman–Crippen LogP) is 3.64. The first-order valence-corrected chi connectivity index (χ1v) is 7.98. The summed E-state index contributed by atoms with van der Waals surface area (Å²) < 4.78 is 2.98. The molecule has 1 aromatic heterocycles. The van der Waals surface area contributed by atoms with Gasteiger partial charge in [-0.2, -0.15) is 11.8 Å². The van der Waals surface area contributed by atoms with Crippen LogP contribution in [0.15, 0.2) is 12.3 Å². The first kappa shape index (κ1) is 13.3. The zero-order valence-electron chi connectivity index (χ0n) is 9.73. The van der Waals surface area contributed by atoms with E-state index in [1.807, 2.05) is 22.5 Å². The highest BCUT2D eigenvalue weighted by Crippen LogP contribution is 2.39. The van der Waals surface area contributed by atoms with Crippen LogP contribution in [0.5, 0.6) is 0 Å². The highest BCUT2D eigenvalue weighted by atomic mass is 127. The van der Waals surface area contributed by atoms with E-state index in [-0.39, 0.29) is 0 Å². The summed E-state index contributed by atoms with van der Waals surface area (Å²) in [6.45, 7) is 2.16. The van der Waals surface area contributed by atoms with Gasteiger partial charge in [0.15, 0.2) is 0 Å². The molecule has 1 fully saturated rings. The van der Waals surface area contributed by atoms with Crippen molar-refractivity contribution < 1.29 is 9.90 Å².